The van der Waals surface area contributed by atoms with Gasteiger partial charge in [0.05, 0.1) is 5.56 Å². The van der Waals surface area contributed by atoms with E-state index in [1.165, 1.54) is 24.8 Å². The van der Waals surface area contributed by atoms with Crippen molar-refractivity contribution >= 4 is 0 Å². The Morgan fingerprint density at radius 2 is 1.36 bits per heavy atom. The highest BCUT2D eigenvalue weighted by molar-refractivity contribution is 5.70. The van der Waals surface area contributed by atoms with Crippen molar-refractivity contribution in [2.75, 3.05) is 0 Å². The zero-order chi connectivity index (χ0) is 15.6. The van der Waals surface area contributed by atoms with Gasteiger partial charge in [-0.25, -0.2) is 15.0 Å². The molecule has 0 aliphatic heterocycles. The van der Waals surface area contributed by atoms with E-state index in [2.05, 4.69) is 15.0 Å². The minimum atomic E-state index is -4.33. The molecule has 3 nitrogen and oxygen atoms in total. The number of aromatic nitrogens is 3. The van der Waals surface area contributed by atoms with Gasteiger partial charge < -0.3 is 0 Å². The smallest absolute Gasteiger partial charge is 0.225 e. The lowest BCUT2D eigenvalue weighted by Gasteiger charge is -2.08. The van der Waals surface area contributed by atoms with E-state index < -0.39 is 11.7 Å². The minimum Gasteiger partial charge on any atom is -0.225 e. The highest BCUT2D eigenvalue weighted by atomic mass is 19.4. The molecule has 0 N–H and O–H groups in total. The van der Waals surface area contributed by atoms with Crippen molar-refractivity contribution in [1.29, 1.82) is 0 Å². The van der Waals surface area contributed by atoms with Crippen LogP contribution in [0.15, 0.2) is 61.2 Å². The summed E-state index contributed by atoms with van der Waals surface area (Å²) in [6.07, 6.45) is -1.54. The Labute approximate surface area is 124 Å². The third-order valence-corrected chi connectivity index (χ3v) is 3.16. The van der Waals surface area contributed by atoms with Gasteiger partial charge in [0.2, 0.25) is 0 Å². The van der Waals surface area contributed by atoms with E-state index in [-0.39, 0.29) is 0 Å². The predicted octanol–water partition coefficient (Wildman–Crippen LogP) is 4.22. The second-order valence-electron chi connectivity index (χ2n) is 4.62. The maximum atomic E-state index is 12.6. The minimum absolute atomic E-state index is 0.517. The lowest BCUT2D eigenvalue weighted by Crippen LogP contribution is -2.03. The molecule has 1 aromatic heterocycles. The number of alkyl halides is 3. The summed E-state index contributed by atoms with van der Waals surface area (Å²) in [6, 6.07) is 12.4. The van der Waals surface area contributed by atoms with E-state index in [0.717, 1.165) is 23.3 Å². The second-order valence-corrected chi connectivity index (χ2v) is 4.62. The third-order valence-electron chi connectivity index (χ3n) is 3.16. The van der Waals surface area contributed by atoms with E-state index in [4.69, 9.17) is 0 Å². The summed E-state index contributed by atoms with van der Waals surface area (Å²) in [5.74, 6) is 0.517. The molecule has 0 amide bonds. The summed E-state index contributed by atoms with van der Waals surface area (Å²) in [6.45, 7) is 0. The summed E-state index contributed by atoms with van der Waals surface area (Å²) in [5, 5.41) is 0. The molecule has 0 saturated carbocycles. The van der Waals surface area contributed by atoms with Gasteiger partial charge in [0.1, 0.15) is 12.7 Å². The molecule has 2 aromatic carbocycles. The molecule has 0 saturated heterocycles. The van der Waals surface area contributed by atoms with Crippen LogP contribution in [-0.2, 0) is 6.18 Å². The summed E-state index contributed by atoms with van der Waals surface area (Å²) >= 11 is 0. The van der Waals surface area contributed by atoms with Gasteiger partial charge in [-0.3, -0.25) is 0 Å². The van der Waals surface area contributed by atoms with Crippen molar-refractivity contribution in [2.45, 2.75) is 6.18 Å². The van der Waals surface area contributed by atoms with Crippen LogP contribution in [-0.4, -0.2) is 15.0 Å². The Morgan fingerprint density at radius 3 is 2.00 bits per heavy atom. The first-order valence-electron chi connectivity index (χ1n) is 6.44. The maximum absolute atomic E-state index is 12.6. The fraction of sp³-hybridized carbons (Fsp3) is 0.0625. The molecule has 3 aromatic rings. The summed E-state index contributed by atoms with van der Waals surface area (Å²) in [7, 11) is 0. The second kappa shape index (κ2) is 5.55. The van der Waals surface area contributed by atoms with Crippen molar-refractivity contribution in [1.82, 2.24) is 15.0 Å². The van der Waals surface area contributed by atoms with Gasteiger partial charge in [-0.15, -0.1) is 0 Å². The van der Waals surface area contributed by atoms with Crippen LogP contribution in [0.2, 0.25) is 0 Å². The van der Waals surface area contributed by atoms with E-state index >= 15 is 0 Å². The summed E-state index contributed by atoms with van der Waals surface area (Å²) < 4.78 is 37.8. The van der Waals surface area contributed by atoms with Crippen LogP contribution < -0.4 is 0 Å². The molecule has 6 heteroatoms. The van der Waals surface area contributed by atoms with Crippen LogP contribution in [0.5, 0.6) is 0 Å². The monoisotopic (exact) mass is 301 g/mol. The van der Waals surface area contributed by atoms with Gasteiger partial charge in [-0.1, -0.05) is 30.3 Å². The van der Waals surface area contributed by atoms with Crippen molar-refractivity contribution in [3.63, 3.8) is 0 Å². The van der Waals surface area contributed by atoms with Gasteiger partial charge in [0.25, 0.3) is 0 Å². The van der Waals surface area contributed by atoms with Gasteiger partial charge in [-0.05, 0) is 29.3 Å². The molecule has 0 radical (unpaired) electrons. The molecular formula is C16H10F3N3. The van der Waals surface area contributed by atoms with Crippen molar-refractivity contribution in [2.24, 2.45) is 0 Å². The Balaban J connectivity index is 1.96. The van der Waals surface area contributed by atoms with Crippen LogP contribution in [0.4, 0.5) is 13.2 Å². The van der Waals surface area contributed by atoms with Gasteiger partial charge in [-0.2, -0.15) is 13.2 Å². The lowest BCUT2D eigenvalue weighted by atomic mass is 10.0. The topological polar surface area (TPSA) is 38.7 Å². The van der Waals surface area contributed by atoms with Crippen LogP contribution >= 0.6 is 0 Å². The predicted molar refractivity (Wildman–Crippen MR) is 75.7 cm³/mol. The van der Waals surface area contributed by atoms with Crippen LogP contribution in [0.25, 0.3) is 22.5 Å². The van der Waals surface area contributed by atoms with Crippen molar-refractivity contribution < 1.29 is 13.2 Å². The highest BCUT2D eigenvalue weighted by Gasteiger charge is 2.29. The molecule has 0 atom stereocenters. The molecule has 0 bridgehead atoms. The van der Waals surface area contributed by atoms with Crippen molar-refractivity contribution in [3.8, 4) is 22.5 Å². The molecule has 0 aliphatic carbocycles. The maximum Gasteiger partial charge on any atom is 0.416 e. The van der Waals surface area contributed by atoms with Crippen molar-refractivity contribution in [3.05, 3.63) is 66.7 Å². The van der Waals surface area contributed by atoms with E-state index in [0.29, 0.717) is 11.4 Å². The van der Waals surface area contributed by atoms with Gasteiger partial charge >= 0.3 is 6.18 Å². The largest absolute Gasteiger partial charge is 0.416 e. The van der Waals surface area contributed by atoms with E-state index in [1.807, 2.05) is 24.3 Å². The fourth-order valence-corrected chi connectivity index (χ4v) is 2.08. The van der Waals surface area contributed by atoms with Gasteiger partial charge in [0.15, 0.2) is 5.82 Å². The molecule has 0 unspecified atom stereocenters. The first-order chi connectivity index (χ1) is 10.5. The fourth-order valence-electron chi connectivity index (χ4n) is 2.08. The standard InChI is InChI=1S/C16H10F3N3/c17-16(18,19)14-6-4-11(5-7-14)12-2-1-3-13(8-12)15-21-9-20-10-22-15/h1-10H. The Kier molecular flexibility index (Phi) is 3.58. The number of rotatable bonds is 2. The third kappa shape index (κ3) is 2.95. The first kappa shape index (κ1) is 14.2. The number of halogens is 3. The SMILES string of the molecule is FC(F)(F)c1ccc(-c2cccc(-c3ncncn3)c2)cc1. The average Bonchev–Trinajstić information content (AvgIpc) is 2.55. The molecule has 0 fully saturated rings. The first-order valence-corrected chi connectivity index (χ1v) is 6.44. The zero-order valence-electron chi connectivity index (χ0n) is 11.2. The molecule has 3 rings (SSSR count). The normalized spacial score (nSPS) is 11.4. The molecule has 1 heterocycles. The molecule has 110 valence electrons. The zero-order valence-corrected chi connectivity index (χ0v) is 11.2. The van der Waals surface area contributed by atoms with Crippen LogP contribution in [0.1, 0.15) is 5.56 Å². The van der Waals surface area contributed by atoms with E-state index in [1.54, 1.807) is 0 Å². The Morgan fingerprint density at radius 1 is 0.727 bits per heavy atom. The number of hydrogen-bond acceptors (Lipinski definition) is 3. The Hall–Kier alpha value is -2.76. The number of hydrogen-bond donors (Lipinski definition) is 0. The quantitative estimate of drug-likeness (QED) is 0.711. The van der Waals surface area contributed by atoms with Crippen LogP contribution in [0, 0.1) is 0 Å². The highest BCUT2D eigenvalue weighted by Crippen LogP contribution is 2.31. The molecule has 0 spiro atoms. The molecule has 22 heavy (non-hydrogen) atoms. The summed E-state index contributed by atoms with van der Waals surface area (Å²) in [4.78, 5) is 11.9. The number of nitrogens with zero attached hydrogens (tertiary/aromatic N) is 3. The molecule has 0 aliphatic rings. The lowest BCUT2D eigenvalue weighted by molar-refractivity contribution is -0.137. The van der Waals surface area contributed by atoms with Gasteiger partial charge in [0, 0.05) is 5.56 Å². The Bertz CT molecular complexity index is 769. The van der Waals surface area contributed by atoms with E-state index in [9.17, 15) is 13.2 Å². The number of benzene rings is 2. The average molecular weight is 301 g/mol. The molecular weight excluding hydrogens is 291 g/mol. The summed E-state index contributed by atoms with van der Waals surface area (Å²) in [5.41, 5.74) is 1.61. The van der Waals surface area contributed by atoms with Crippen LogP contribution in [0.3, 0.4) is 0 Å².